The predicted octanol–water partition coefficient (Wildman–Crippen LogP) is 3.34. The molecule has 1 atom stereocenters. The predicted molar refractivity (Wildman–Crippen MR) is 151 cm³/mol. The fourth-order valence-electron chi connectivity index (χ4n) is 5.37. The number of pyridine rings is 2. The van der Waals surface area contributed by atoms with Gasteiger partial charge < -0.3 is 24.8 Å². The van der Waals surface area contributed by atoms with Crippen LogP contribution in [0.4, 0.5) is 5.82 Å². The molecule has 41 heavy (non-hydrogen) atoms. The molecule has 0 radical (unpaired) electrons. The number of carbonyl (C=O) groups is 2. The number of carbonyl (C=O) groups excluding carboxylic acids is 1. The Kier molecular flexibility index (Phi) is 7.77. The molecular weight excluding hydrogens is 524 g/mol. The normalized spacial score (nSPS) is 15.7. The number of ether oxygens (including phenoxy) is 2. The zero-order valence-corrected chi connectivity index (χ0v) is 22.7. The van der Waals surface area contributed by atoms with Crippen molar-refractivity contribution in [2.75, 3.05) is 44.8 Å². The summed E-state index contributed by atoms with van der Waals surface area (Å²) in [5, 5.41) is 18.4. The lowest BCUT2D eigenvalue weighted by Crippen LogP contribution is -2.40. The van der Waals surface area contributed by atoms with E-state index in [2.05, 4.69) is 27.5 Å². The minimum absolute atomic E-state index is 0.148. The largest absolute Gasteiger partial charge is 0.493 e. The Hall–Kier alpha value is -4.51. The van der Waals surface area contributed by atoms with Gasteiger partial charge in [0, 0.05) is 49.5 Å². The first-order valence-electron chi connectivity index (χ1n) is 13.9. The number of fused-ring (bicyclic) bond motifs is 2. The highest BCUT2D eigenvalue weighted by Gasteiger charge is 2.24. The van der Waals surface area contributed by atoms with E-state index in [0.29, 0.717) is 56.2 Å². The van der Waals surface area contributed by atoms with Crippen LogP contribution in [0.5, 0.6) is 5.75 Å². The van der Waals surface area contributed by atoms with Crippen LogP contribution in [-0.4, -0.2) is 81.1 Å². The Morgan fingerprint density at radius 1 is 1.10 bits per heavy atom. The van der Waals surface area contributed by atoms with Crippen molar-refractivity contribution in [2.24, 2.45) is 0 Å². The maximum absolute atomic E-state index is 13.0. The Bertz CT molecular complexity index is 1560. The van der Waals surface area contributed by atoms with E-state index in [1.165, 1.54) is 11.8 Å². The van der Waals surface area contributed by atoms with Gasteiger partial charge in [-0.15, -0.1) is 0 Å². The minimum atomic E-state index is -0.977. The summed E-state index contributed by atoms with van der Waals surface area (Å²) < 4.78 is 13.1. The van der Waals surface area contributed by atoms with Crippen molar-refractivity contribution in [2.45, 2.75) is 31.7 Å². The highest BCUT2D eigenvalue weighted by atomic mass is 16.5. The standard InChI is InChI=1S/C30H32N6O5/c37-28(38)16-27(21-14-23(18-31-17-21)30(39)35-9-12-40-13-10-35)36-26-6-5-25(15-22(26)19-33-36)41-11-7-24-4-3-20-2-1-8-32-29(20)34-24/h3-6,14-15,17-19,27H,1-2,7-13,16H2,(H,32,34)(H,37,38). The highest BCUT2D eigenvalue weighted by Crippen LogP contribution is 2.29. The molecule has 0 spiro atoms. The Labute approximate surface area is 237 Å². The Balaban J connectivity index is 1.18. The van der Waals surface area contributed by atoms with E-state index < -0.39 is 12.0 Å². The number of amides is 1. The van der Waals surface area contributed by atoms with Crippen LogP contribution >= 0.6 is 0 Å². The van der Waals surface area contributed by atoms with Gasteiger partial charge in [0.25, 0.3) is 5.91 Å². The van der Waals surface area contributed by atoms with Crippen molar-refractivity contribution in [1.82, 2.24) is 24.6 Å². The van der Waals surface area contributed by atoms with Crippen LogP contribution in [0.25, 0.3) is 10.9 Å². The first-order valence-corrected chi connectivity index (χ1v) is 13.9. The number of aryl methyl sites for hydroxylation is 1. The second-order valence-corrected chi connectivity index (χ2v) is 10.3. The van der Waals surface area contributed by atoms with Gasteiger partial charge >= 0.3 is 5.97 Å². The smallest absolute Gasteiger partial charge is 0.305 e. The highest BCUT2D eigenvalue weighted by molar-refractivity contribution is 5.94. The van der Waals surface area contributed by atoms with Crippen molar-refractivity contribution in [3.05, 3.63) is 77.4 Å². The number of nitrogens with zero attached hydrogens (tertiary/aromatic N) is 5. The summed E-state index contributed by atoms with van der Waals surface area (Å²) >= 11 is 0. The van der Waals surface area contributed by atoms with E-state index in [4.69, 9.17) is 14.5 Å². The average molecular weight is 557 g/mol. The topological polar surface area (TPSA) is 132 Å². The van der Waals surface area contributed by atoms with Crippen molar-refractivity contribution in [3.8, 4) is 5.75 Å². The van der Waals surface area contributed by atoms with E-state index in [9.17, 15) is 14.7 Å². The summed E-state index contributed by atoms with van der Waals surface area (Å²) in [4.78, 5) is 35.6. The van der Waals surface area contributed by atoms with Crippen molar-refractivity contribution in [3.63, 3.8) is 0 Å². The maximum atomic E-state index is 13.0. The number of anilines is 1. The molecule has 11 nitrogen and oxygen atoms in total. The van der Waals surface area contributed by atoms with E-state index >= 15 is 0 Å². The second kappa shape index (κ2) is 11.9. The average Bonchev–Trinajstić information content (AvgIpc) is 3.43. The van der Waals surface area contributed by atoms with Crippen LogP contribution in [0.3, 0.4) is 0 Å². The molecule has 1 aromatic carbocycles. The fraction of sp³-hybridized carbons (Fsp3) is 0.367. The van der Waals surface area contributed by atoms with Gasteiger partial charge in [-0.3, -0.25) is 19.3 Å². The lowest BCUT2D eigenvalue weighted by Gasteiger charge is -2.27. The van der Waals surface area contributed by atoms with Crippen LogP contribution in [0.15, 0.2) is 55.0 Å². The third-order valence-corrected chi connectivity index (χ3v) is 7.50. The quantitative estimate of drug-likeness (QED) is 0.319. The summed E-state index contributed by atoms with van der Waals surface area (Å²) in [6, 6.07) is 10.9. The van der Waals surface area contributed by atoms with Crippen LogP contribution in [-0.2, 0) is 22.4 Å². The van der Waals surface area contributed by atoms with Crippen LogP contribution in [0.1, 0.15) is 46.1 Å². The third kappa shape index (κ3) is 5.99. The van der Waals surface area contributed by atoms with Crippen LogP contribution in [0, 0.1) is 0 Å². The van der Waals surface area contributed by atoms with Gasteiger partial charge in [0.15, 0.2) is 0 Å². The maximum Gasteiger partial charge on any atom is 0.305 e. The number of aromatic nitrogens is 4. The van der Waals surface area contributed by atoms with Gasteiger partial charge in [-0.1, -0.05) is 6.07 Å². The van der Waals surface area contributed by atoms with Crippen LogP contribution < -0.4 is 10.1 Å². The zero-order chi connectivity index (χ0) is 28.2. The molecule has 3 aromatic heterocycles. The molecule has 6 rings (SSSR count). The second-order valence-electron chi connectivity index (χ2n) is 10.3. The first kappa shape index (κ1) is 26.7. The van der Waals surface area contributed by atoms with Gasteiger partial charge in [0.2, 0.25) is 0 Å². The number of hydrogen-bond acceptors (Lipinski definition) is 8. The summed E-state index contributed by atoms with van der Waals surface area (Å²) in [5.41, 5.74) is 4.01. The number of hydrogen-bond donors (Lipinski definition) is 2. The molecule has 2 aliphatic heterocycles. The summed E-state index contributed by atoms with van der Waals surface area (Å²) in [5.74, 6) is 0.549. The van der Waals surface area contributed by atoms with E-state index in [1.54, 1.807) is 28.0 Å². The third-order valence-electron chi connectivity index (χ3n) is 7.50. The lowest BCUT2D eigenvalue weighted by molar-refractivity contribution is -0.137. The number of carboxylic acids is 1. The molecule has 1 amide bonds. The number of rotatable bonds is 9. The molecule has 1 unspecified atom stereocenters. The molecule has 2 aliphatic rings. The lowest BCUT2D eigenvalue weighted by atomic mass is 10.0. The van der Waals surface area contributed by atoms with Gasteiger partial charge in [-0.2, -0.15) is 5.10 Å². The number of carboxylic acid groups (broad SMARTS) is 1. The number of morpholine rings is 1. The molecule has 2 N–H and O–H groups in total. The Morgan fingerprint density at radius 3 is 2.83 bits per heavy atom. The molecule has 1 saturated heterocycles. The van der Waals surface area contributed by atoms with Crippen molar-refractivity contribution in [1.29, 1.82) is 0 Å². The van der Waals surface area contributed by atoms with E-state index in [1.807, 2.05) is 18.2 Å². The van der Waals surface area contributed by atoms with Crippen molar-refractivity contribution >= 4 is 28.6 Å². The van der Waals surface area contributed by atoms with Gasteiger partial charge in [-0.05, 0) is 54.3 Å². The van der Waals surface area contributed by atoms with Crippen LogP contribution in [0.2, 0.25) is 0 Å². The summed E-state index contributed by atoms with van der Waals surface area (Å²) in [6.07, 6.45) is 7.46. The van der Waals surface area contributed by atoms with E-state index in [0.717, 1.165) is 41.8 Å². The van der Waals surface area contributed by atoms with Gasteiger partial charge in [-0.25, -0.2) is 4.98 Å². The summed E-state index contributed by atoms with van der Waals surface area (Å²) in [6.45, 7) is 3.44. The van der Waals surface area contributed by atoms with Crippen molar-refractivity contribution < 1.29 is 24.2 Å². The van der Waals surface area contributed by atoms with Gasteiger partial charge in [0.1, 0.15) is 11.6 Å². The minimum Gasteiger partial charge on any atom is -0.493 e. The fourth-order valence-corrected chi connectivity index (χ4v) is 5.37. The molecule has 0 aliphatic carbocycles. The van der Waals surface area contributed by atoms with Gasteiger partial charge in [0.05, 0.1) is 49.6 Å². The number of benzene rings is 1. The first-order chi connectivity index (χ1) is 20.0. The van der Waals surface area contributed by atoms with E-state index in [-0.39, 0.29) is 12.3 Å². The monoisotopic (exact) mass is 556 g/mol. The SMILES string of the molecule is O=C(O)CC(c1cncc(C(=O)N2CCOCC2)c1)n1ncc2cc(OCCc3ccc4c(n3)NCCC4)ccc21. The molecule has 11 heteroatoms. The molecule has 0 saturated carbocycles. The molecule has 0 bridgehead atoms. The zero-order valence-electron chi connectivity index (χ0n) is 22.7. The molecule has 1 fully saturated rings. The number of aliphatic carboxylic acids is 1. The molecule has 212 valence electrons. The molecular formula is C30H32N6O5. The summed E-state index contributed by atoms with van der Waals surface area (Å²) in [7, 11) is 0. The molecule has 5 heterocycles. The number of nitrogens with one attached hydrogen (secondary N) is 1. The molecule has 4 aromatic rings. The Morgan fingerprint density at radius 2 is 1.98 bits per heavy atom.